The molecule has 1 aromatic carbocycles. The lowest BCUT2D eigenvalue weighted by molar-refractivity contribution is 0.0983. The van der Waals surface area contributed by atoms with E-state index in [1.165, 1.54) is 18.5 Å². The Morgan fingerprint density at radius 2 is 1.94 bits per heavy atom. The van der Waals surface area contributed by atoms with Crippen LogP contribution in [0.5, 0.6) is 0 Å². The molecule has 1 aromatic heterocycles. The highest BCUT2D eigenvalue weighted by atomic mass is 79.9. The molecule has 0 amide bonds. The van der Waals surface area contributed by atoms with E-state index in [0.29, 0.717) is 10.0 Å². The summed E-state index contributed by atoms with van der Waals surface area (Å²) in [6.45, 7) is 0. The van der Waals surface area contributed by atoms with Gasteiger partial charge in [-0.25, -0.2) is 14.4 Å². The number of rotatable bonds is 3. The van der Waals surface area contributed by atoms with Crippen LogP contribution in [-0.4, -0.2) is 15.8 Å². The number of halogens is 2. The molecule has 17 heavy (non-hydrogen) atoms. The third kappa shape index (κ3) is 2.74. The van der Waals surface area contributed by atoms with Gasteiger partial charge in [-0.05, 0) is 33.6 Å². The van der Waals surface area contributed by atoms with E-state index in [4.69, 9.17) is 0 Å². The number of benzene rings is 1. The van der Waals surface area contributed by atoms with Crippen LogP contribution in [-0.2, 0) is 6.42 Å². The molecule has 1 heterocycles. The van der Waals surface area contributed by atoms with Gasteiger partial charge >= 0.3 is 0 Å². The van der Waals surface area contributed by atoms with Crippen molar-refractivity contribution in [2.45, 2.75) is 6.42 Å². The average Bonchev–Trinajstić information content (AvgIpc) is 2.36. The smallest absolute Gasteiger partial charge is 0.204 e. The summed E-state index contributed by atoms with van der Waals surface area (Å²) in [5, 5.41) is 0. The standard InChI is InChI=1S/C12H8BrFN2O/c13-11-8(3-1-4-9(11)14)7-10(17)12-15-5-2-6-16-12/h1-6H,7H2. The minimum atomic E-state index is -0.385. The summed E-state index contributed by atoms with van der Waals surface area (Å²) in [4.78, 5) is 19.5. The summed E-state index contributed by atoms with van der Waals surface area (Å²) in [5.74, 6) is -0.482. The fourth-order valence-corrected chi connectivity index (χ4v) is 1.78. The van der Waals surface area contributed by atoms with Crippen LogP contribution in [0.4, 0.5) is 4.39 Å². The Labute approximate surface area is 106 Å². The molecule has 0 N–H and O–H groups in total. The first-order valence-electron chi connectivity index (χ1n) is 4.91. The van der Waals surface area contributed by atoms with E-state index in [2.05, 4.69) is 25.9 Å². The van der Waals surface area contributed by atoms with Gasteiger partial charge in [0.05, 0.1) is 4.47 Å². The van der Waals surface area contributed by atoms with Gasteiger partial charge in [0.15, 0.2) is 5.82 Å². The van der Waals surface area contributed by atoms with Crippen molar-refractivity contribution in [1.82, 2.24) is 9.97 Å². The molecule has 0 aliphatic rings. The van der Waals surface area contributed by atoms with Crippen molar-refractivity contribution in [3.05, 3.63) is 58.3 Å². The third-order valence-corrected chi connectivity index (χ3v) is 3.09. The molecule has 86 valence electrons. The number of nitrogens with zero attached hydrogens (tertiary/aromatic N) is 2. The number of ketones is 1. The Morgan fingerprint density at radius 3 is 2.65 bits per heavy atom. The number of aromatic nitrogens is 2. The minimum absolute atomic E-state index is 0.0718. The quantitative estimate of drug-likeness (QED) is 0.818. The summed E-state index contributed by atoms with van der Waals surface area (Å²) >= 11 is 3.11. The summed E-state index contributed by atoms with van der Waals surface area (Å²) in [5.41, 5.74) is 0.586. The van der Waals surface area contributed by atoms with E-state index in [1.54, 1.807) is 18.2 Å². The second kappa shape index (κ2) is 5.14. The first kappa shape index (κ1) is 11.9. The third-order valence-electron chi connectivity index (χ3n) is 2.20. The lowest BCUT2D eigenvalue weighted by Gasteiger charge is -2.03. The van der Waals surface area contributed by atoms with Gasteiger partial charge in [0.2, 0.25) is 5.78 Å². The predicted molar refractivity (Wildman–Crippen MR) is 64.2 cm³/mol. The minimum Gasteiger partial charge on any atom is -0.290 e. The maximum atomic E-state index is 13.2. The highest BCUT2D eigenvalue weighted by molar-refractivity contribution is 9.10. The zero-order chi connectivity index (χ0) is 12.3. The van der Waals surface area contributed by atoms with E-state index in [1.807, 2.05) is 0 Å². The van der Waals surface area contributed by atoms with Gasteiger partial charge in [-0.1, -0.05) is 12.1 Å². The number of hydrogen-bond acceptors (Lipinski definition) is 3. The molecule has 0 fully saturated rings. The highest BCUT2D eigenvalue weighted by Crippen LogP contribution is 2.21. The molecule has 3 nitrogen and oxygen atoms in total. The Hall–Kier alpha value is -1.62. The lowest BCUT2D eigenvalue weighted by atomic mass is 10.1. The largest absolute Gasteiger partial charge is 0.290 e. The van der Waals surface area contributed by atoms with Crippen molar-refractivity contribution < 1.29 is 9.18 Å². The normalized spacial score (nSPS) is 10.2. The van der Waals surface area contributed by atoms with Gasteiger partial charge in [-0.3, -0.25) is 4.79 Å². The molecule has 0 spiro atoms. The van der Waals surface area contributed by atoms with Crippen molar-refractivity contribution >= 4 is 21.7 Å². The molecule has 2 aromatic rings. The molecule has 5 heteroatoms. The molecule has 0 aliphatic heterocycles. The van der Waals surface area contributed by atoms with Crippen LogP contribution in [0, 0.1) is 5.82 Å². The first-order chi connectivity index (χ1) is 8.18. The van der Waals surface area contributed by atoms with Crippen LogP contribution in [0.2, 0.25) is 0 Å². The fourth-order valence-electron chi connectivity index (χ4n) is 1.38. The van der Waals surface area contributed by atoms with Crippen LogP contribution in [0.1, 0.15) is 16.2 Å². The summed E-state index contributed by atoms with van der Waals surface area (Å²) in [6.07, 6.45) is 3.07. The average molecular weight is 295 g/mol. The van der Waals surface area contributed by atoms with Gasteiger partial charge in [0.25, 0.3) is 0 Å². The van der Waals surface area contributed by atoms with Crippen molar-refractivity contribution in [2.75, 3.05) is 0 Å². The Bertz CT molecular complexity index is 545. The van der Waals surface area contributed by atoms with Crippen molar-refractivity contribution in [3.63, 3.8) is 0 Å². The molecule has 0 radical (unpaired) electrons. The maximum Gasteiger partial charge on any atom is 0.204 e. The molecule has 0 saturated heterocycles. The maximum absolute atomic E-state index is 13.2. The Kier molecular flexibility index (Phi) is 3.58. The molecule has 0 unspecified atom stereocenters. The molecule has 2 rings (SSSR count). The van der Waals surface area contributed by atoms with Gasteiger partial charge in [-0.2, -0.15) is 0 Å². The number of carbonyl (C=O) groups excluding carboxylic acids is 1. The zero-order valence-electron chi connectivity index (χ0n) is 8.73. The van der Waals surface area contributed by atoms with Crippen LogP contribution < -0.4 is 0 Å². The topological polar surface area (TPSA) is 42.9 Å². The Balaban J connectivity index is 2.22. The summed E-state index contributed by atoms with van der Waals surface area (Å²) in [6, 6.07) is 6.22. The van der Waals surface area contributed by atoms with Gasteiger partial charge < -0.3 is 0 Å². The predicted octanol–water partition coefficient (Wildman–Crippen LogP) is 2.80. The SMILES string of the molecule is O=C(Cc1cccc(F)c1Br)c1ncccn1. The van der Waals surface area contributed by atoms with Crippen molar-refractivity contribution in [2.24, 2.45) is 0 Å². The second-order valence-electron chi connectivity index (χ2n) is 3.39. The monoisotopic (exact) mass is 294 g/mol. The van der Waals surface area contributed by atoms with Crippen molar-refractivity contribution in [3.8, 4) is 0 Å². The molecular weight excluding hydrogens is 287 g/mol. The number of Topliss-reactive ketones (excluding diaryl/α,β-unsaturated/α-hetero) is 1. The molecule has 0 bridgehead atoms. The zero-order valence-corrected chi connectivity index (χ0v) is 10.3. The van der Waals surface area contributed by atoms with Crippen LogP contribution in [0.15, 0.2) is 41.1 Å². The van der Waals surface area contributed by atoms with E-state index >= 15 is 0 Å². The van der Waals surface area contributed by atoms with E-state index < -0.39 is 0 Å². The second-order valence-corrected chi connectivity index (χ2v) is 4.18. The molecule has 0 atom stereocenters. The Morgan fingerprint density at radius 1 is 1.24 bits per heavy atom. The van der Waals surface area contributed by atoms with E-state index in [0.717, 1.165) is 0 Å². The van der Waals surface area contributed by atoms with Crippen LogP contribution in [0.25, 0.3) is 0 Å². The number of carbonyl (C=O) groups is 1. The highest BCUT2D eigenvalue weighted by Gasteiger charge is 2.13. The summed E-state index contributed by atoms with van der Waals surface area (Å²) < 4.78 is 13.6. The molecule has 0 saturated carbocycles. The van der Waals surface area contributed by atoms with Gasteiger partial charge in [0, 0.05) is 18.8 Å². The fraction of sp³-hybridized carbons (Fsp3) is 0.0833. The molecule has 0 aliphatic carbocycles. The summed E-state index contributed by atoms with van der Waals surface area (Å²) in [7, 11) is 0. The van der Waals surface area contributed by atoms with Gasteiger partial charge in [-0.15, -0.1) is 0 Å². The van der Waals surface area contributed by atoms with Crippen LogP contribution >= 0.6 is 15.9 Å². The first-order valence-corrected chi connectivity index (χ1v) is 5.71. The van der Waals surface area contributed by atoms with E-state index in [-0.39, 0.29) is 23.8 Å². The van der Waals surface area contributed by atoms with Crippen LogP contribution in [0.3, 0.4) is 0 Å². The number of hydrogen-bond donors (Lipinski definition) is 0. The van der Waals surface area contributed by atoms with E-state index in [9.17, 15) is 9.18 Å². The lowest BCUT2D eigenvalue weighted by Crippen LogP contribution is -2.08. The van der Waals surface area contributed by atoms with Crippen molar-refractivity contribution in [1.29, 1.82) is 0 Å². The van der Waals surface area contributed by atoms with Gasteiger partial charge in [0.1, 0.15) is 5.82 Å². The molecular formula is C12H8BrFN2O.